The largest absolute Gasteiger partial charge is 0.137 e. The Bertz CT molecular complexity index is 192. The molecule has 1 unspecified atom stereocenters. The quantitative estimate of drug-likeness (QED) is 0.566. The average molecular weight is 265 g/mol. The van der Waals surface area contributed by atoms with Gasteiger partial charge in [0.15, 0.2) is 0 Å². The van der Waals surface area contributed by atoms with Gasteiger partial charge in [0.25, 0.3) is 0 Å². The molecule has 3 heteroatoms. The number of thioether (sulfide) groups is 1. The number of thiophene rings is 1. The van der Waals surface area contributed by atoms with Crippen LogP contribution in [0, 0.1) is 5.92 Å². The number of hydrogen-bond acceptors (Lipinski definition) is 2. The van der Waals surface area contributed by atoms with Crippen LogP contribution in [0.2, 0.25) is 0 Å². The minimum atomic E-state index is 0.817. The van der Waals surface area contributed by atoms with E-state index in [1.807, 2.05) is 23.1 Å². The van der Waals surface area contributed by atoms with Crippen molar-refractivity contribution in [3.8, 4) is 0 Å². The minimum absolute atomic E-state index is 0.817. The van der Waals surface area contributed by atoms with E-state index in [-0.39, 0.29) is 0 Å². The molecule has 0 fully saturated rings. The predicted octanol–water partition coefficient (Wildman–Crippen LogP) is 4.26. The van der Waals surface area contributed by atoms with E-state index in [0.29, 0.717) is 0 Å². The molecule has 12 heavy (non-hydrogen) atoms. The first kappa shape index (κ1) is 10.6. The van der Waals surface area contributed by atoms with E-state index in [0.717, 1.165) is 11.2 Å². The van der Waals surface area contributed by atoms with Gasteiger partial charge in [0.05, 0.1) is 4.21 Å². The zero-order chi connectivity index (χ0) is 8.81. The van der Waals surface area contributed by atoms with Gasteiger partial charge in [-0.25, -0.2) is 0 Å². The van der Waals surface area contributed by atoms with Gasteiger partial charge in [-0.1, -0.05) is 35.3 Å². The molecule has 0 N–H and O–H groups in total. The van der Waals surface area contributed by atoms with Gasteiger partial charge in [-0.2, -0.15) is 0 Å². The Morgan fingerprint density at radius 3 is 3.00 bits per heavy atom. The van der Waals surface area contributed by atoms with E-state index in [4.69, 9.17) is 0 Å². The van der Waals surface area contributed by atoms with E-state index in [2.05, 4.69) is 40.4 Å². The minimum Gasteiger partial charge on any atom is -0.137 e. The topological polar surface area (TPSA) is 0 Å². The molecule has 0 saturated carbocycles. The van der Waals surface area contributed by atoms with Gasteiger partial charge >= 0.3 is 0 Å². The van der Waals surface area contributed by atoms with Gasteiger partial charge in [0.1, 0.15) is 0 Å². The summed E-state index contributed by atoms with van der Waals surface area (Å²) in [5.41, 5.74) is 0. The summed E-state index contributed by atoms with van der Waals surface area (Å²) in [5, 5.41) is 3.26. The summed E-state index contributed by atoms with van der Waals surface area (Å²) in [6.45, 7) is 2.25. The standard InChI is InChI=1S/C9H13BrS2/c1-2-8(6-10)7-12-9-4-3-5-11-9/h3-5,8H,2,6-7H2,1H3. The fourth-order valence-electron chi connectivity index (χ4n) is 0.817. The Balaban J connectivity index is 2.25. The highest BCUT2D eigenvalue weighted by Gasteiger charge is 2.04. The fourth-order valence-corrected chi connectivity index (χ4v) is 3.83. The predicted molar refractivity (Wildman–Crippen MR) is 62.6 cm³/mol. The summed E-state index contributed by atoms with van der Waals surface area (Å²) in [4.78, 5) is 0. The van der Waals surface area contributed by atoms with Crippen LogP contribution in [-0.4, -0.2) is 11.1 Å². The number of hydrogen-bond donors (Lipinski definition) is 0. The van der Waals surface area contributed by atoms with Crippen LogP contribution < -0.4 is 0 Å². The summed E-state index contributed by atoms with van der Waals surface area (Å²) >= 11 is 7.34. The van der Waals surface area contributed by atoms with Gasteiger partial charge in [-0.05, 0) is 17.4 Å². The van der Waals surface area contributed by atoms with Gasteiger partial charge in [0.2, 0.25) is 0 Å². The lowest BCUT2D eigenvalue weighted by Gasteiger charge is -2.08. The molecule has 1 atom stereocenters. The second-order valence-corrected chi connectivity index (χ2v) is 5.59. The molecule has 0 spiro atoms. The first-order valence-electron chi connectivity index (χ1n) is 4.09. The SMILES string of the molecule is CCC(CBr)CSc1cccs1. The van der Waals surface area contributed by atoms with Crippen molar-refractivity contribution < 1.29 is 0 Å². The third-order valence-corrected chi connectivity index (χ3v) is 5.03. The summed E-state index contributed by atoms with van der Waals surface area (Å²) < 4.78 is 1.44. The van der Waals surface area contributed by atoms with Crippen molar-refractivity contribution in [3.05, 3.63) is 17.5 Å². The van der Waals surface area contributed by atoms with Crippen LogP contribution in [0.1, 0.15) is 13.3 Å². The summed E-state index contributed by atoms with van der Waals surface area (Å²) in [5.74, 6) is 2.06. The number of rotatable bonds is 5. The third kappa shape index (κ3) is 3.50. The second-order valence-electron chi connectivity index (χ2n) is 2.67. The Kier molecular flexibility index (Phi) is 5.35. The lowest BCUT2D eigenvalue weighted by atomic mass is 10.2. The molecule has 0 amide bonds. The summed E-state index contributed by atoms with van der Waals surface area (Å²) in [6, 6.07) is 4.30. The van der Waals surface area contributed by atoms with E-state index in [9.17, 15) is 0 Å². The van der Waals surface area contributed by atoms with Crippen molar-refractivity contribution in [2.45, 2.75) is 17.6 Å². The van der Waals surface area contributed by atoms with Crippen molar-refractivity contribution in [1.29, 1.82) is 0 Å². The van der Waals surface area contributed by atoms with E-state index in [1.54, 1.807) is 0 Å². The monoisotopic (exact) mass is 264 g/mol. The molecule has 0 aliphatic heterocycles. The van der Waals surface area contributed by atoms with Crippen LogP contribution in [0.15, 0.2) is 21.7 Å². The molecule has 0 radical (unpaired) electrons. The molecule has 1 heterocycles. The Morgan fingerprint density at radius 1 is 1.67 bits per heavy atom. The molecule has 0 aliphatic carbocycles. The molecule has 1 rings (SSSR count). The highest BCUT2D eigenvalue weighted by Crippen LogP contribution is 2.26. The van der Waals surface area contributed by atoms with Gasteiger partial charge in [0, 0.05) is 11.1 Å². The summed E-state index contributed by atoms with van der Waals surface area (Å²) in [7, 11) is 0. The maximum atomic E-state index is 3.53. The Hall–Kier alpha value is 0.530. The normalized spacial score (nSPS) is 13.2. The van der Waals surface area contributed by atoms with Crippen molar-refractivity contribution in [3.63, 3.8) is 0 Å². The molecule has 68 valence electrons. The van der Waals surface area contributed by atoms with Crippen molar-refractivity contribution in [2.75, 3.05) is 11.1 Å². The van der Waals surface area contributed by atoms with Gasteiger partial charge < -0.3 is 0 Å². The Labute approximate surface area is 90.9 Å². The van der Waals surface area contributed by atoms with Crippen molar-refractivity contribution in [1.82, 2.24) is 0 Å². The summed E-state index contributed by atoms with van der Waals surface area (Å²) in [6.07, 6.45) is 1.27. The second kappa shape index (κ2) is 6.06. The van der Waals surface area contributed by atoms with E-state index < -0.39 is 0 Å². The number of alkyl halides is 1. The highest BCUT2D eigenvalue weighted by atomic mass is 79.9. The first-order chi connectivity index (χ1) is 5.86. The van der Waals surface area contributed by atoms with Crippen LogP contribution >= 0.6 is 39.0 Å². The molecule has 0 aromatic carbocycles. The van der Waals surface area contributed by atoms with Crippen molar-refractivity contribution in [2.24, 2.45) is 5.92 Å². The molecule has 1 aromatic rings. The van der Waals surface area contributed by atoms with Crippen LogP contribution in [0.5, 0.6) is 0 Å². The van der Waals surface area contributed by atoms with Gasteiger partial charge in [-0.3, -0.25) is 0 Å². The smallest absolute Gasteiger partial charge is 0.0598 e. The Morgan fingerprint density at radius 2 is 2.50 bits per heavy atom. The van der Waals surface area contributed by atoms with Crippen LogP contribution in [-0.2, 0) is 0 Å². The zero-order valence-corrected chi connectivity index (χ0v) is 10.3. The first-order valence-corrected chi connectivity index (χ1v) is 7.07. The molecule has 0 aliphatic rings. The lowest BCUT2D eigenvalue weighted by Crippen LogP contribution is -2.02. The molecular weight excluding hydrogens is 252 g/mol. The van der Waals surface area contributed by atoms with Crippen molar-refractivity contribution >= 4 is 39.0 Å². The zero-order valence-electron chi connectivity index (χ0n) is 7.13. The maximum absolute atomic E-state index is 3.53. The third-order valence-electron chi connectivity index (χ3n) is 1.75. The highest BCUT2D eigenvalue weighted by molar-refractivity contribution is 9.09. The molecular formula is C9H13BrS2. The van der Waals surface area contributed by atoms with Crippen LogP contribution in [0.3, 0.4) is 0 Å². The van der Waals surface area contributed by atoms with Gasteiger partial charge in [-0.15, -0.1) is 23.1 Å². The van der Waals surface area contributed by atoms with Crippen LogP contribution in [0.25, 0.3) is 0 Å². The lowest BCUT2D eigenvalue weighted by molar-refractivity contribution is 0.652. The molecule has 1 aromatic heterocycles. The molecule has 0 bridgehead atoms. The van der Waals surface area contributed by atoms with Crippen LogP contribution in [0.4, 0.5) is 0 Å². The average Bonchev–Trinajstić information content (AvgIpc) is 2.59. The van der Waals surface area contributed by atoms with E-state index in [1.165, 1.54) is 16.4 Å². The number of halogens is 1. The molecule has 0 saturated heterocycles. The fraction of sp³-hybridized carbons (Fsp3) is 0.556. The van der Waals surface area contributed by atoms with E-state index >= 15 is 0 Å². The maximum Gasteiger partial charge on any atom is 0.0598 e. The molecule has 0 nitrogen and oxygen atoms in total.